The molecule has 7 nitrogen and oxygen atoms in total. The number of para-hydroxylation sites is 1. The molecule has 1 aliphatic heterocycles. The summed E-state index contributed by atoms with van der Waals surface area (Å²) in [4.78, 5) is 26.5. The van der Waals surface area contributed by atoms with Gasteiger partial charge in [-0.25, -0.2) is 8.42 Å². The van der Waals surface area contributed by atoms with E-state index in [9.17, 15) is 36.3 Å². The number of nitrogens with zero attached hydrogens (tertiary/aromatic N) is 2. The SMILES string of the molecule is CN(C)c1c(C(=O)N2CS(=O)(=O)c3ccccc32)cc(C(F)(F)F)c(O)c1C=O. The fourth-order valence-corrected chi connectivity index (χ4v) is 4.74. The third-order valence-corrected chi connectivity index (χ3v) is 6.06. The zero-order chi connectivity index (χ0) is 21.7. The number of hydrogen-bond acceptors (Lipinski definition) is 6. The van der Waals surface area contributed by atoms with Crippen LogP contribution in [0.1, 0.15) is 26.3 Å². The molecule has 2 aromatic carbocycles. The fraction of sp³-hybridized carbons (Fsp3) is 0.222. The Kier molecular flexibility index (Phi) is 4.81. The smallest absolute Gasteiger partial charge is 0.420 e. The number of halogens is 3. The maximum Gasteiger partial charge on any atom is 0.420 e. The number of amides is 1. The summed E-state index contributed by atoms with van der Waals surface area (Å²) in [5.74, 6) is -3.10. The third kappa shape index (κ3) is 3.31. The second-order valence-electron chi connectivity index (χ2n) is 6.54. The number of alkyl halides is 3. The van der Waals surface area contributed by atoms with Crippen LogP contribution in [0.2, 0.25) is 0 Å². The van der Waals surface area contributed by atoms with E-state index < -0.39 is 50.2 Å². The normalized spacial score (nSPS) is 15.1. The van der Waals surface area contributed by atoms with Crippen molar-refractivity contribution < 1.29 is 36.3 Å². The molecule has 1 heterocycles. The number of rotatable bonds is 3. The van der Waals surface area contributed by atoms with Gasteiger partial charge in [-0.3, -0.25) is 14.5 Å². The van der Waals surface area contributed by atoms with E-state index in [1.54, 1.807) is 0 Å². The summed E-state index contributed by atoms with van der Waals surface area (Å²) in [7, 11) is -1.10. The molecule has 3 rings (SSSR count). The van der Waals surface area contributed by atoms with Gasteiger partial charge < -0.3 is 10.0 Å². The van der Waals surface area contributed by atoms with E-state index in [1.807, 2.05) is 0 Å². The van der Waals surface area contributed by atoms with Gasteiger partial charge in [0.2, 0.25) is 0 Å². The molecule has 0 aromatic heterocycles. The van der Waals surface area contributed by atoms with Crippen LogP contribution in [0.25, 0.3) is 0 Å². The molecule has 0 bridgehead atoms. The standard InChI is InChI=1S/C18H15F3N2O5S/c1-22(2)15-10(7-12(18(19,20)21)16(25)11(15)8-24)17(26)23-9-29(27,28)14-6-4-3-5-13(14)23/h3-8,25H,9H2,1-2H3. The largest absolute Gasteiger partial charge is 0.506 e. The highest BCUT2D eigenvalue weighted by atomic mass is 32.2. The monoisotopic (exact) mass is 428 g/mol. The molecular weight excluding hydrogens is 413 g/mol. The van der Waals surface area contributed by atoms with E-state index in [0.717, 1.165) is 4.90 Å². The van der Waals surface area contributed by atoms with Crippen LogP contribution in [0.4, 0.5) is 24.5 Å². The van der Waals surface area contributed by atoms with Gasteiger partial charge in [-0.05, 0) is 18.2 Å². The van der Waals surface area contributed by atoms with Gasteiger partial charge in [0.25, 0.3) is 5.91 Å². The van der Waals surface area contributed by atoms with Gasteiger partial charge in [-0.2, -0.15) is 13.2 Å². The number of phenols is 1. The van der Waals surface area contributed by atoms with Gasteiger partial charge >= 0.3 is 6.18 Å². The second-order valence-corrected chi connectivity index (χ2v) is 8.46. The molecule has 0 radical (unpaired) electrons. The van der Waals surface area contributed by atoms with Crippen molar-refractivity contribution in [2.75, 3.05) is 29.8 Å². The molecule has 11 heteroatoms. The first-order valence-electron chi connectivity index (χ1n) is 8.13. The maximum atomic E-state index is 13.4. The quantitative estimate of drug-likeness (QED) is 0.756. The Bertz CT molecular complexity index is 1130. The minimum absolute atomic E-state index is 0.0192. The van der Waals surface area contributed by atoms with Gasteiger partial charge in [-0.15, -0.1) is 0 Å². The van der Waals surface area contributed by atoms with Crippen molar-refractivity contribution in [2.45, 2.75) is 11.1 Å². The van der Waals surface area contributed by atoms with Crippen LogP contribution < -0.4 is 9.80 Å². The van der Waals surface area contributed by atoms with Gasteiger partial charge in [0, 0.05) is 14.1 Å². The lowest BCUT2D eigenvalue weighted by atomic mass is 9.99. The van der Waals surface area contributed by atoms with Gasteiger partial charge in [0.1, 0.15) is 11.6 Å². The summed E-state index contributed by atoms with van der Waals surface area (Å²) in [6, 6.07) is 6.02. The first kappa shape index (κ1) is 20.6. The van der Waals surface area contributed by atoms with Gasteiger partial charge in [0.05, 0.1) is 33.0 Å². The summed E-state index contributed by atoms with van der Waals surface area (Å²) in [6.07, 6.45) is -5.03. The van der Waals surface area contributed by atoms with Crippen molar-refractivity contribution in [1.82, 2.24) is 0 Å². The Morgan fingerprint density at radius 2 is 1.86 bits per heavy atom. The van der Waals surface area contributed by atoms with Crippen LogP contribution in [0.3, 0.4) is 0 Å². The lowest BCUT2D eigenvalue weighted by Crippen LogP contribution is -2.32. The zero-order valence-electron chi connectivity index (χ0n) is 15.2. The third-order valence-electron chi connectivity index (χ3n) is 4.45. The number of fused-ring (bicyclic) bond motifs is 1. The first-order valence-corrected chi connectivity index (χ1v) is 9.78. The van der Waals surface area contributed by atoms with E-state index in [0.29, 0.717) is 6.07 Å². The Balaban J connectivity index is 2.28. The highest BCUT2D eigenvalue weighted by Gasteiger charge is 2.41. The predicted octanol–water partition coefficient (Wildman–Crippen LogP) is 2.68. The highest BCUT2D eigenvalue weighted by molar-refractivity contribution is 7.92. The Morgan fingerprint density at radius 3 is 2.41 bits per heavy atom. The number of sulfone groups is 1. The number of hydrogen-bond donors (Lipinski definition) is 1. The number of aldehydes is 1. The molecule has 0 unspecified atom stereocenters. The van der Waals surface area contributed by atoms with Crippen LogP contribution in [-0.2, 0) is 16.0 Å². The minimum atomic E-state index is -5.04. The Hall–Kier alpha value is -3.08. The molecule has 0 spiro atoms. The number of phenolic OH excluding ortho intramolecular Hbond substituents is 1. The molecule has 0 fully saturated rings. The highest BCUT2D eigenvalue weighted by Crippen LogP contribution is 2.43. The van der Waals surface area contributed by atoms with Gasteiger partial charge in [-0.1, -0.05) is 12.1 Å². The van der Waals surface area contributed by atoms with Crippen molar-refractivity contribution in [1.29, 1.82) is 0 Å². The van der Waals surface area contributed by atoms with E-state index in [2.05, 4.69) is 0 Å². The van der Waals surface area contributed by atoms with Crippen molar-refractivity contribution in [3.05, 3.63) is 47.0 Å². The minimum Gasteiger partial charge on any atom is -0.506 e. The summed E-state index contributed by atoms with van der Waals surface area (Å²) >= 11 is 0. The molecule has 1 N–H and O–H groups in total. The topological polar surface area (TPSA) is 95.0 Å². The van der Waals surface area contributed by atoms with Crippen molar-refractivity contribution in [3.63, 3.8) is 0 Å². The van der Waals surface area contributed by atoms with Crippen molar-refractivity contribution >= 4 is 33.4 Å². The zero-order valence-corrected chi connectivity index (χ0v) is 16.0. The molecule has 0 saturated heterocycles. The Labute approximate surface area is 163 Å². The Morgan fingerprint density at radius 1 is 1.24 bits per heavy atom. The van der Waals surface area contributed by atoms with Crippen LogP contribution in [0, 0.1) is 0 Å². The number of benzene rings is 2. The van der Waals surface area contributed by atoms with Crippen LogP contribution in [0.5, 0.6) is 5.75 Å². The number of anilines is 2. The second kappa shape index (κ2) is 6.76. The van der Waals surface area contributed by atoms with Crippen LogP contribution in [-0.4, -0.2) is 45.7 Å². The molecule has 0 atom stereocenters. The van der Waals surface area contributed by atoms with Crippen molar-refractivity contribution in [2.24, 2.45) is 0 Å². The van der Waals surface area contributed by atoms with Crippen LogP contribution in [0.15, 0.2) is 35.2 Å². The van der Waals surface area contributed by atoms with E-state index >= 15 is 0 Å². The fourth-order valence-electron chi connectivity index (χ4n) is 3.22. The molecule has 2 aromatic rings. The summed E-state index contributed by atoms with van der Waals surface area (Å²) < 4.78 is 64.8. The molecule has 154 valence electrons. The van der Waals surface area contributed by atoms with Crippen molar-refractivity contribution in [3.8, 4) is 5.75 Å². The summed E-state index contributed by atoms with van der Waals surface area (Å²) in [5, 5.41) is 9.97. The lowest BCUT2D eigenvalue weighted by Gasteiger charge is -2.25. The number of carbonyl (C=O) groups is 2. The predicted molar refractivity (Wildman–Crippen MR) is 98.1 cm³/mol. The van der Waals surface area contributed by atoms with E-state index in [4.69, 9.17) is 0 Å². The summed E-state index contributed by atoms with van der Waals surface area (Å²) in [5.41, 5.74) is -3.07. The molecule has 0 aliphatic carbocycles. The van der Waals surface area contributed by atoms with E-state index in [-0.39, 0.29) is 22.6 Å². The molecular formula is C18H15F3N2O5S. The van der Waals surface area contributed by atoms with E-state index in [1.165, 1.54) is 43.3 Å². The molecule has 1 aliphatic rings. The average molecular weight is 428 g/mol. The summed E-state index contributed by atoms with van der Waals surface area (Å²) in [6.45, 7) is 0. The average Bonchev–Trinajstić information content (AvgIpc) is 2.91. The molecule has 29 heavy (non-hydrogen) atoms. The number of aromatic hydroxyl groups is 1. The lowest BCUT2D eigenvalue weighted by molar-refractivity contribution is -0.138. The first-order chi connectivity index (χ1) is 13.4. The molecule has 1 amide bonds. The van der Waals surface area contributed by atoms with Crippen LogP contribution >= 0.6 is 0 Å². The maximum absolute atomic E-state index is 13.4. The molecule has 0 saturated carbocycles. The van der Waals surface area contributed by atoms with Gasteiger partial charge in [0.15, 0.2) is 16.1 Å². The number of carbonyl (C=O) groups excluding carboxylic acids is 2.